The van der Waals surface area contributed by atoms with Gasteiger partial charge in [0.1, 0.15) is 0 Å². The Morgan fingerprint density at radius 1 is 1.44 bits per heavy atom. The first-order valence-electron chi connectivity index (χ1n) is 5.96. The van der Waals surface area contributed by atoms with E-state index in [0.29, 0.717) is 0 Å². The van der Waals surface area contributed by atoms with E-state index in [9.17, 15) is 18.7 Å². The number of carbonyl (C=O) groups excluding carboxylic acids is 1. The van der Waals surface area contributed by atoms with E-state index >= 15 is 0 Å². The molecule has 2 atom stereocenters. The lowest BCUT2D eigenvalue weighted by atomic mass is 9.89. The van der Waals surface area contributed by atoms with Crippen LogP contribution < -0.4 is 0 Å². The molecule has 1 saturated heterocycles. The lowest BCUT2D eigenvalue weighted by molar-refractivity contribution is -0.221. The van der Waals surface area contributed by atoms with Gasteiger partial charge in [-0.25, -0.2) is 8.78 Å². The second-order valence-corrected chi connectivity index (χ2v) is 4.86. The summed E-state index contributed by atoms with van der Waals surface area (Å²) in [6, 6.07) is 6.05. The number of amides is 1. The Labute approximate surface area is 103 Å². The average molecular weight is 253 g/mol. The zero-order chi connectivity index (χ0) is 13.1. The molecule has 18 heavy (non-hydrogen) atoms. The van der Waals surface area contributed by atoms with E-state index in [1.165, 1.54) is 12.1 Å². The molecule has 2 aliphatic rings. The molecule has 1 N–H and O–H groups in total. The third-order valence-corrected chi connectivity index (χ3v) is 4.04. The number of alkyl halides is 2. The second kappa shape index (κ2) is 3.29. The molecule has 0 aliphatic carbocycles. The van der Waals surface area contributed by atoms with Crippen molar-refractivity contribution >= 4 is 5.91 Å². The van der Waals surface area contributed by atoms with E-state index in [4.69, 9.17) is 0 Å². The predicted molar refractivity (Wildman–Crippen MR) is 60.1 cm³/mol. The molecular weight excluding hydrogens is 240 g/mol. The molecule has 3 nitrogen and oxygen atoms in total. The van der Waals surface area contributed by atoms with Gasteiger partial charge in [0.2, 0.25) is 5.72 Å². The molecule has 2 aliphatic heterocycles. The molecule has 2 heterocycles. The minimum atomic E-state index is -3.32. The fourth-order valence-electron chi connectivity index (χ4n) is 2.99. The number of hydrogen-bond acceptors (Lipinski definition) is 2. The van der Waals surface area contributed by atoms with Crippen molar-refractivity contribution in [2.24, 2.45) is 5.92 Å². The number of rotatable bonds is 1. The first-order valence-corrected chi connectivity index (χ1v) is 5.96. The summed E-state index contributed by atoms with van der Waals surface area (Å²) in [7, 11) is 0. The summed E-state index contributed by atoms with van der Waals surface area (Å²) < 4.78 is 28.7. The molecule has 0 unspecified atom stereocenters. The second-order valence-electron chi connectivity index (χ2n) is 4.86. The third-order valence-electron chi connectivity index (χ3n) is 4.04. The molecule has 1 aromatic rings. The summed E-state index contributed by atoms with van der Waals surface area (Å²) in [6.45, 7) is 1.54. The number of carbonyl (C=O) groups is 1. The molecule has 1 aromatic carbocycles. The maximum Gasteiger partial charge on any atom is 0.303 e. The van der Waals surface area contributed by atoms with E-state index in [2.05, 4.69) is 0 Å². The largest absolute Gasteiger partial charge is 0.362 e. The topological polar surface area (TPSA) is 40.5 Å². The van der Waals surface area contributed by atoms with Crippen molar-refractivity contribution < 1.29 is 18.7 Å². The van der Waals surface area contributed by atoms with E-state index in [0.717, 1.165) is 4.90 Å². The first-order chi connectivity index (χ1) is 8.44. The number of nitrogens with zero attached hydrogens (tertiary/aromatic N) is 1. The normalized spacial score (nSPS) is 32.6. The van der Waals surface area contributed by atoms with Gasteiger partial charge < -0.3 is 10.0 Å². The van der Waals surface area contributed by atoms with Crippen LogP contribution in [0.2, 0.25) is 0 Å². The van der Waals surface area contributed by atoms with Crippen LogP contribution in [0.25, 0.3) is 0 Å². The van der Waals surface area contributed by atoms with E-state index in [1.807, 2.05) is 0 Å². The highest BCUT2D eigenvalue weighted by Crippen LogP contribution is 2.56. The maximum absolute atomic E-state index is 14.4. The van der Waals surface area contributed by atoms with Crippen LogP contribution in [0, 0.1) is 5.92 Å². The molecule has 1 fully saturated rings. The van der Waals surface area contributed by atoms with Gasteiger partial charge in [0.25, 0.3) is 5.91 Å². The van der Waals surface area contributed by atoms with Gasteiger partial charge >= 0.3 is 5.92 Å². The Morgan fingerprint density at radius 3 is 2.78 bits per heavy atom. The zero-order valence-electron chi connectivity index (χ0n) is 9.86. The smallest absolute Gasteiger partial charge is 0.303 e. The standard InChI is InChI=1S/C13H13F2NO2/c1-2-8-7-16-11(17)9-5-3-4-6-10(9)13(16,18)12(8,14)15/h3-6,8,18H,2,7H2,1H3/t8-,13+/m1/s1. The van der Waals surface area contributed by atoms with Crippen molar-refractivity contribution in [2.75, 3.05) is 6.54 Å². The Balaban J connectivity index is 2.23. The Morgan fingerprint density at radius 2 is 2.11 bits per heavy atom. The fourth-order valence-corrected chi connectivity index (χ4v) is 2.99. The average Bonchev–Trinajstić information content (AvgIpc) is 2.70. The molecule has 3 rings (SSSR count). The maximum atomic E-state index is 14.4. The van der Waals surface area contributed by atoms with Gasteiger partial charge in [-0.1, -0.05) is 25.1 Å². The highest BCUT2D eigenvalue weighted by molar-refractivity contribution is 6.00. The van der Waals surface area contributed by atoms with Gasteiger partial charge in [-0.2, -0.15) is 0 Å². The van der Waals surface area contributed by atoms with Crippen molar-refractivity contribution in [3.8, 4) is 0 Å². The number of fused-ring (bicyclic) bond motifs is 3. The Hall–Kier alpha value is -1.49. The quantitative estimate of drug-likeness (QED) is 0.831. The lowest BCUT2D eigenvalue weighted by Crippen LogP contribution is -2.49. The van der Waals surface area contributed by atoms with Gasteiger partial charge in [-0.05, 0) is 12.5 Å². The third kappa shape index (κ3) is 1.04. The van der Waals surface area contributed by atoms with Gasteiger partial charge in [0.15, 0.2) is 0 Å². The van der Waals surface area contributed by atoms with Crippen molar-refractivity contribution in [1.29, 1.82) is 0 Å². The monoisotopic (exact) mass is 253 g/mol. The highest BCUT2D eigenvalue weighted by Gasteiger charge is 2.71. The molecule has 0 bridgehead atoms. The van der Waals surface area contributed by atoms with Crippen LogP contribution in [-0.4, -0.2) is 28.4 Å². The van der Waals surface area contributed by atoms with E-state index < -0.39 is 23.5 Å². The summed E-state index contributed by atoms with van der Waals surface area (Å²) in [6.07, 6.45) is 0.223. The Bertz CT molecular complexity index is 531. The fraction of sp³-hybridized carbons (Fsp3) is 0.462. The summed E-state index contributed by atoms with van der Waals surface area (Å²) >= 11 is 0. The van der Waals surface area contributed by atoms with Crippen molar-refractivity contribution in [3.05, 3.63) is 35.4 Å². The van der Waals surface area contributed by atoms with Crippen LogP contribution >= 0.6 is 0 Å². The zero-order valence-corrected chi connectivity index (χ0v) is 9.86. The van der Waals surface area contributed by atoms with Crippen LogP contribution in [-0.2, 0) is 5.72 Å². The number of benzene rings is 1. The molecule has 96 valence electrons. The van der Waals surface area contributed by atoms with Crippen LogP contribution in [0.1, 0.15) is 29.3 Å². The summed E-state index contributed by atoms with van der Waals surface area (Å²) in [4.78, 5) is 13.0. The minimum Gasteiger partial charge on any atom is -0.362 e. The van der Waals surface area contributed by atoms with Crippen LogP contribution in [0.5, 0.6) is 0 Å². The summed E-state index contributed by atoms with van der Waals surface area (Å²) in [5.41, 5.74) is -2.27. The SMILES string of the molecule is CC[C@@H]1CN2C(=O)c3ccccc3[C@]2(O)C1(F)F. The van der Waals surface area contributed by atoms with E-state index in [1.54, 1.807) is 19.1 Å². The van der Waals surface area contributed by atoms with Crippen molar-refractivity contribution in [3.63, 3.8) is 0 Å². The predicted octanol–water partition coefficient (Wildman–Crippen LogP) is 1.96. The van der Waals surface area contributed by atoms with Crippen LogP contribution in [0.15, 0.2) is 24.3 Å². The van der Waals surface area contributed by atoms with Crippen molar-refractivity contribution in [1.82, 2.24) is 4.90 Å². The molecular formula is C13H13F2NO2. The van der Waals surface area contributed by atoms with Gasteiger partial charge in [-0.3, -0.25) is 4.79 Å². The summed E-state index contributed by atoms with van der Waals surface area (Å²) in [5.74, 6) is -4.83. The molecule has 5 heteroatoms. The van der Waals surface area contributed by atoms with Crippen LogP contribution in [0.3, 0.4) is 0 Å². The van der Waals surface area contributed by atoms with Gasteiger partial charge in [-0.15, -0.1) is 0 Å². The van der Waals surface area contributed by atoms with Gasteiger partial charge in [0.05, 0.1) is 0 Å². The highest BCUT2D eigenvalue weighted by atomic mass is 19.3. The lowest BCUT2D eigenvalue weighted by Gasteiger charge is -2.32. The number of hydrogen-bond donors (Lipinski definition) is 1. The molecule has 0 aromatic heterocycles. The van der Waals surface area contributed by atoms with Gasteiger partial charge in [0, 0.05) is 23.6 Å². The van der Waals surface area contributed by atoms with E-state index in [-0.39, 0.29) is 24.1 Å². The minimum absolute atomic E-state index is 0.0240. The first kappa shape index (κ1) is 11.6. The summed E-state index contributed by atoms with van der Waals surface area (Å²) in [5, 5.41) is 10.4. The number of aliphatic hydroxyl groups is 1. The molecule has 0 saturated carbocycles. The number of halogens is 2. The van der Waals surface area contributed by atoms with Crippen molar-refractivity contribution in [2.45, 2.75) is 25.0 Å². The Kier molecular flexibility index (Phi) is 2.12. The van der Waals surface area contributed by atoms with Crippen LogP contribution in [0.4, 0.5) is 8.78 Å². The molecule has 1 amide bonds. The molecule has 0 spiro atoms. The molecule has 0 radical (unpaired) electrons.